The zero-order valence-electron chi connectivity index (χ0n) is 33.1. The van der Waals surface area contributed by atoms with Gasteiger partial charge < -0.3 is 24.2 Å². The highest BCUT2D eigenvalue weighted by molar-refractivity contribution is 6.05. The highest BCUT2D eigenvalue weighted by Crippen LogP contribution is 2.51. The maximum atomic E-state index is 13.6. The second-order valence-electron chi connectivity index (χ2n) is 17.0. The fourth-order valence-electron chi connectivity index (χ4n) is 9.87. The number of carbonyl (C=O) groups excluding carboxylic acids is 3. The van der Waals surface area contributed by atoms with Crippen LogP contribution in [-0.4, -0.2) is 76.6 Å². The minimum Gasteiger partial charge on any atom is -0.489 e. The molecule has 5 aromatic rings. The lowest BCUT2D eigenvalue weighted by Crippen LogP contribution is -2.52. The molecule has 4 fully saturated rings. The molecule has 3 amide bonds. The van der Waals surface area contributed by atoms with E-state index < -0.39 is 6.04 Å². The van der Waals surface area contributed by atoms with Crippen LogP contribution in [0.25, 0.3) is 16.6 Å². The van der Waals surface area contributed by atoms with Crippen molar-refractivity contribution < 1.29 is 23.9 Å². The Morgan fingerprint density at radius 2 is 1.47 bits per heavy atom. The lowest BCUT2D eigenvalue weighted by molar-refractivity contribution is -0.136. The van der Waals surface area contributed by atoms with Crippen molar-refractivity contribution in [1.29, 1.82) is 0 Å². The molecule has 12 nitrogen and oxygen atoms in total. The summed E-state index contributed by atoms with van der Waals surface area (Å²) in [6.07, 6.45) is 9.29. The van der Waals surface area contributed by atoms with E-state index in [-0.39, 0.29) is 35.8 Å². The third-order valence-corrected chi connectivity index (χ3v) is 13.3. The Morgan fingerprint density at radius 3 is 2.24 bits per heavy atom. The lowest BCUT2D eigenvalue weighted by atomic mass is 9.61. The smallest absolute Gasteiger partial charge is 0.265 e. The Morgan fingerprint density at radius 1 is 0.746 bits per heavy atom. The summed E-state index contributed by atoms with van der Waals surface area (Å²) in [5.74, 6) is -0.160. The number of carbonyl (C=O) groups is 3. The second kappa shape index (κ2) is 15.3. The average Bonchev–Trinajstić information content (AvgIpc) is 3.58. The maximum Gasteiger partial charge on any atom is 0.265 e. The van der Waals surface area contributed by atoms with E-state index in [0.717, 1.165) is 87.2 Å². The number of piperidine rings is 3. The minimum atomic E-state index is -0.600. The molecule has 10 rings (SSSR count). The summed E-state index contributed by atoms with van der Waals surface area (Å²) in [4.78, 5) is 61.8. The number of fused-ring (bicyclic) bond motifs is 2. The quantitative estimate of drug-likeness (QED) is 0.175. The molecule has 12 heteroatoms. The molecule has 1 aromatic heterocycles. The van der Waals surface area contributed by atoms with Crippen LogP contribution in [0.4, 0.5) is 11.4 Å². The molecule has 1 saturated carbocycles. The summed E-state index contributed by atoms with van der Waals surface area (Å²) in [5, 5.41) is 2.90. The number of nitrogens with one attached hydrogen (secondary N) is 1. The van der Waals surface area contributed by atoms with Gasteiger partial charge in [0, 0.05) is 56.1 Å². The zero-order valence-corrected chi connectivity index (χ0v) is 33.1. The van der Waals surface area contributed by atoms with Gasteiger partial charge in [0.25, 0.3) is 11.5 Å². The number of rotatable bonds is 9. The molecule has 3 saturated heterocycles. The number of hydrogen-bond acceptors (Lipinski definition) is 9. The van der Waals surface area contributed by atoms with Gasteiger partial charge >= 0.3 is 0 Å². The van der Waals surface area contributed by atoms with E-state index in [1.54, 1.807) is 21.9 Å². The number of nitrogens with zero attached hydrogens (tertiary/aromatic N) is 5. The summed E-state index contributed by atoms with van der Waals surface area (Å²) in [5.41, 5.74) is 6.57. The van der Waals surface area contributed by atoms with Crippen LogP contribution in [0.5, 0.6) is 5.75 Å². The molecule has 1 N–H and O–H groups in total. The number of amides is 3. The summed E-state index contributed by atoms with van der Waals surface area (Å²) < 4.78 is 14.3. The number of imide groups is 1. The molecule has 302 valence electrons. The third-order valence-electron chi connectivity index (χ3n) is 13.3. The van der Waals surface area contributed by atoms with Gasteiger partial charge in [0.1, 0.15) is 24.7 Å². The highest BCUT2D eigenvalue weighted by atomic mass is 16.5. The van der Waals surface area contributed by atoms with Crippen LogP contribution in [0.3, 0.4) is 0 Å². The maximum absolute atomic E-state index is 13.6. The molecular weight excluding hydrogens is 745 g/mol. The first-order valence-electron chi connectivity index (χ1n) is 21.0. The van der Waals surface area contributed by atoms with Crippen molar-refractivity contribution in [2.75, 3.05) is 36.0 Å². The van der Waals surface area contributed by atoms with E-state index in [2.05, 4.69) is 38.3 Å². The van der Waals surface area contributed by atoms with Gasteiger partial charge in [-0.3, -0.25) is 29.1 Å². The average molecular weight is 793 g/mol. The summed E-state index contributed by atoms with van der Waals surface area (Å²) >= 11 is 0. The van der Waals surface area contributed by atoms with E-state index in [1.807, 2.05) is 66.7 Å². The van der Waals surface area contributed by atoms with Crippen molar-refractivity contribution in [2.45, 2.75) is 82.8 Å². The van der Waals surface area contributed by atoms with Crippen LogP contribution in [-0.2, 0) is 27.5 Å². The van der Waals surface area contributed by atoms with Gasteiger partial charge in [0.2, 0.25) is 11.8 Å². The second-order valence-corrected chi connectivity index (χ2v) is 17.0. The molecular formula is C47H48N6O6. The lowest BCUT2D eigenvalue weighted by Gasteiger charge is -2.53. The van der Waals surface area contributed by atoms with Gasteiger partial charge in [0.05, 0.1) is 28.8 Å². The molecule has 4 aromatic carbocycles. The first kappa shape index (κ1) is 37.3. The van der Waals surface area contributed by atoms with Crippen LogP contribution in [0.1, 0.15) is 72.9 Å². The predicted molar refractivity (Wildman–Crippen MR) is 224 cm³/mol. The van der Waals surface area contributed by atoms with Crippen LogP contribution in [0, 0.1) is 5.41 Å². The monoisotopic (exact) mass is 792 g/mol. The zero-order chi connectivity index (χ0) is 40.1. The molecule has 1 spiro atoms. The van der Waals surface area contributed by atoms with Crippen LogP contribution < -0.4 is 25.4 Å². The topological polar surface area (TPSA) is 126 Å². The first-order valence-corrected chi connectivity index (χ1v) is 21.0. The van der Waals surface area contributed by atoms with Gasteiger partial charge in [-0.05, 0) is 122 Å². The van der Waals surface area contributed by atoms with Crippen molar-refractivity contribution in [2.24, 2.45) is 5.41 Å². The minimum absolute atomic E-state index is 0.125. The van der Waals surface area contributed by atoms with Crippen molar-refractivity contribution >= 4 is 40.0 Å². The molecule has 5 heterocycles. The fourth-order valence-corrected chi connectivity index (χ4v) is 9.87. The molecule has 0 bridgehead atoms. The molecule has 1 unspecified atom stereocenters. The van der Waals surface area contributed by atoms with Gasteiger partial charge in [-0.2, -0.15) is 0 Å². The number of hydrogen-bond donors (Lipinski definition) is 1. The van der Waals surface area contributed by atoms with Gasteiger partial charge in [-0.15, -0.1) is 0 Å². The van der Waals surface area contributed by atoms with Crippen molar-refractivity contribution in [3.8, 4) is 11.4 Å². The molecule has 59 heavy (non-hydrogen) atoms. The Hall–Kier alpha value is -6.01. The normalized spacial score (nSPS) is 20.8. The first-order chi connectivity index (χ1) is 28.8. The van der Waals surface area contributed by atoms with E-state index in [0.29, 0.717) is 53.3 Å². The molecule has 4 aliphatic heterocycles. The van der Waals surface area contributed by atoms with E-state index in [1.165, 1.54) is 5.69 Å². The van der Waals surface area contributed by atoms with E-state index >= 15 is 0 Å². The number of ether oxygens (including phenoxy) is 2. The van der Waals surface area contributed by atoms with Crippen molar-refractivity contribution in [1.82, 2.24) is 19.8 Å². The standard InChI is InChI=1S/C47H48N6O6/c54-43-15-14-42(44(55)49-43)52-28-32-24-35(10-12-39(32)45(52)56)50-20-16-36(17-21-50)59-38-26-47(27-38)18-22-51(23-19-47)33-6-8-34(9-7-33)53-30-48-41-13-11-37(25-40(41)46(53)57)58-29-31-4-2-1-3-5-31/h1-13,24-25,30,36,38,42H,14-23,26-29H2,(H,49,54,55). The molecule has 5 aliphatic rings. The van der Waals surface area contributed by atoms with E-state index in [9.17, 15) is 19.2 Å². The highest BCUT2D eigenvalue weighted by Gasteiger charge is 2.47. The Bertz CT molecular complexity index is 2460. The van der Waals surface area contributed by atoms with E-state index in [4.69, 9.17) is 9.47 Å². The van der Waals surface area contributed by atoms with Crippen LogP contribution in [0.2, 0.25) is 0 Å². The SMILES string of the molecule is O=C1CCC(N2Cc3cc(N4CCC(OC5CC6(CCN(c7ccc(-n8cnc9ccc(OCc%10ccccc%10)cc9c8=O)cc7)CC6)C5)CC4)ccc3C2=O)C(=O)N1. The molecule has 0 radical (unpaired) electrons. The van der Waals surface area contributed by atoms with Gasteiger partial charge in [0.15, 0.2) is 0 Å². The van der Waals surface area contributed by atoms with Crippen LogP contribution >= 0.6 is 0 Å². The van der Waals surface area contributed by atoms with Crippen LogP contribution in [0.15, 0.2) is 102 Å². The van der Waals surface area contributed by atoms with Crippen molar-refractivity contribution in [3.63, 3.8) is 0 Å². The summed E-state index contributed by atoms with van der Waals surface area (Å²) in [7, 11) is 0. The van der Waals surface area contributed by atoms with Gasteiger partial charge in [-0.25, -0.2) is 4.98 Å². The number of benzene rings is 4. The number of anilines is 2. The fraction of sp³-hybridized carbons (Fsp3) is 0.383. The third kappa shape index (κ3) is 7.35. The predicted octanol–water partition coefficient (Wildman–Crippen LogP) is 6.16. The Kier molecular flexibility index (Phi) is 9.67. The summed E-state index contributed by atoms with van der Waals surface area (Å²) in [6.45, 7) is 4.63. The molecule has 1 aliphatic carbocycles. The summed E-state index contributed by atoms with van der Waals surface area (Å²) in [6, 6.07) is 29.1. The number of aromatic nitrogens is 2. The van der Waals surface area contributed by atoms with Crippen molar-refractivity contribution in [3.05, 3.63) is 124 Å². The largest absolute Gasteiger partial charge is 0.489 e. The Balaban J connectivity index is 0.688. The van der Waals surface area contributed by atoms with Gasteiger partial charge in [-0.1, -0.05) is 30.3 Å². The Labute approximate surface area is 342 Å². The molecule has 1 atom stereocenters.